The van der Waals surface area contributed by atoms with E-state index in [0.29, 0.717) is 5.56 Å². The lowest BCUT2D eigenvalue weighted by atomic mass is 10.2. The van der Waals surface area contributed by atoms with Crippen molar-refractivity contribution in [3.63, 3.8) is 0 Å². The average molecular weight is 285 g/mol. The zero-order valence-corrected chi connectivity index (χ0v) is 10.7. The lowest BCUT2D eigenvalue weighted by Gasteiger charge is -2.12. The highest BCUT2D eigenvalue weighted by Gasteiger charge is 2.23. The van der Waals surface area contributed by atoms with Crippen molar-refractivity contribution in [2.45, 2.75) is 18.2 Å². The van der Waals surface area contributed by atoms with Crippen molar-refractivity contribution in [2.24, 2.45) is 0 Å². The van der Waals surface area contributed by atoms with Gasteiger partial charge in [-0.2, -0.15) is 4.72 Å². The van der Waals surface area contributed by atoms with Crippen LogP contribution in [0.2, 0.25) is 0 Å². The van der Waals surface area contributed by atoms with E-state index in [1.807, 2.05) is 4.72 Å². The van der Waals surface area contributed by atoms with E-state index < -0.39 is 33.6 Å². The van der Waals surface area contributed by atoms with E-state index >= 15 is 0 Å². The summed E-state index contributed by atoms with van der Waals surface area (Å²) in [7, 11) is -3.86. The van der Waals surface area contributed by atoms with Crippen LogP contribution in [0.4, 0.5) is 4.39 Å². The third kappa shape index (κ3) is 5.07. The number of hydrogen-bond donors (Lipinski definition) is 2. The lowest BCUT2D eigenvalue weighted by Crippen LogP contribution is -2.41. The summed E-state index contributed by atoms with van der Waals surface area (Å²) in [5.74, 6) is -0.185. The molecule has 5 nitrogen and oxygen atoms in total. The Bertz CT molecular complexity index is 589. The van der Waals surface area contributed by atoms with Crippen molar-refractivity contribution >= 4 is 16.0 Å². The Morgan fingerprint density at radius 3 is 2.47 bits per heavy atom. The van der Waals surface area contributed by atoms with Crippen LogP contribution in [-0.2, 0) is 20.6 Å². The molecule has 0 saturated carbocycles. The van der Waals surface area contributed by atoms with Crippen LogP contribution in [-0.4, -0.2) is 25.5 Å². The van der Waals surface area contributed by atoms with Gasteiger partial charge in [0.2, 0.25) is 10.0 Å². The summed E-state index contributed by atoms with van der Waals surface area (Å²) in [5.41, 5.74) is 0.346. The molecule has 102 valence electrons. The fourth-order valence-corrected chi connectivity index (χ4v) is 2.69. The fourth-order valence-electron chi connectivity index (χ4n) is 1.36. The molecule has 0 heterocycles. The number of terminal acetylenes is 1. The summed E-state index contributed by atoms with van der Waals surface area (Å²) >= 11 is 0. The number of hydrogen-bond acceptors (Lipinski definition) is 3. The summed E-state index contributed by atoms with van der Waals surface area (Å²) in [5, 5.41) is 8.80. The van der Waals surface area contributed by atoms with Crippen LogP contribution in [0.3, 0.4) is 0 Å². The molecule has 1 aromatic rings. The number of carbonyl (C=O) groups is 1. The van der Waals surface area contributed by atoms with Crippen molar-refractivity contribution in [1.29, 1.82) is 0 Å². The second-order valence-corrected chi connectivity index (χ2v) is 5.56. The first-order chi connectivity index (χ1) is 8.84. The predicted octanol–water partition coefficient (Wildman–Crippen LogP) is 0.722. The van der Waals surface area contributed by atoms with Crippen molar-refractivity contribution in [1.82, 2.24) is 4.72 Å². The van der Waals surface area contributed by atoms with Crippen LogP contribution in [0.5, 0.6) is 0 Å². The molecule has 0 saturated heterocycles. The molecule has 0 aliphatic rings. The SMILES string of the molecule is C#CCC(NS(=O)(=O)Cc1ccc(F)cc1)C(=O)O. The van der Waals surface area contributed by atoms with Crippen LogP contribution < -0.4 is 4.72 Å². The molecule has 1 rings (SSSR count). The quantitative estimate of drug-likeness (QED) is 0.754. The number of carboxylic acid groups (broad SMARTS) is 1. The number of carboxylic acids is 1. The summed E-state index contributed by atoms with van der Waals surface area (Å²) in [6.45, 7) is 0. The van der Waals surface area contributed by atoms with Crippen LogP contribution >= 0.6 is 0 Å². The van der Waals surface area contributed by atoms with Gasteiger partial charge in [-0.15, -0.1) is 12.3 Å². The fraction of sp³-hybridized carbons (Fsp3) is 0.250. The topological polar surface area (TPSA) is 83.5 Å². The van der Waals surface area contributed by atoms with Gasteiger partial charge in [-0.05, 0) is 17.7 Å². The van der Waals surface area contributed by atoms with Crippen LogP contribution in [0.15, 0.2) is 24.3 Å². The van der Waals surface area contributed by atoms with Gasteiger partial charge in [0.25, 0.3) is 0 Å². The van der Waals surface area contributed by atoms with Gasteiger partial charge in [0.1, 0.15) is 11.9 Å². The van der Waals surface area contributed by atoms with E-state index in [1.54, 1.807) is 0 Å². The Morgan fingerprint density at radius 1 is 1.42 bits per heavy atom. The molecule has 2 N–H and O–H groups in total. The van der Waals surface area contributed by atoms with E-state index in [9.17, 15) is 17.6 Å². The summed E-state index contributed by atoms with van der Waals surface area (Å²) in [6.07, 6.45) is 4.71. The molecular weight excluding hydrogens is 273 g/mol. The van der Waals surface area contributed by atoms with Gasteiger partial charge < -0.3 is 5.11 Å². The maximum absolute atomic E-state index is 12.7. The molecule has 0 radical (unpaired) electrons. The molecule has 0 aliphatic carbocycles. The first-order valence-electron chi connectivity index (χ1n) is 5.25. The van der Waals surface area contributed by atoms with Crippen molar-refractivity contribution in [3.8, 4) is 12.3 Å². The van der Waals surface area contributed by atoms with Gasteiger partial charge in [-0.25, -0.2) is 12.8 Å². The van der Waals surface area contributed by atoms with E-state index in [-0.39, 0.29) is 6.42 Å². The third-order valence-corrected chi connectivity index (χ3v) is 3.57. The highest BCUT2D eigenvalue weighted by molar-refractivity contribution is 7.88. The summed E-state index contributed by atoms with van der Waals surface area (Å²) < 4.78 is 38.1. The molecule has 0 bridgehead atoms. The van der Waals surface area contributed by atoms with Crippen LogP contribution in [0.25, 0.3) is 0 Å². The smallest absolute Gasteiger partial charge is 0.322 e. The Morgan fingerprint density at radius 2 is 2.00 bits per heavy atom. The van der Waals surface area contributed by atoms with Crippen molar-refractivity contribution in [3.05, 3.63) is 35.6 Å². The number of aliphatic carboxylic acids is 1. The molecular formula is C12H12FNO4S. The summed E-state index contributed by atoms with van der Waals surface area (Å²) in [4.78, 5) is 10.8. The number of halogens is 1. The predicted molar refractivity (Wildman–Crippen MR) is 67.0 cm³/mol. The highest BCUT2D eigenvalue weighted by Crippen LogP contribution is 2.07. The standard InChI is InChI=1S/C12H12FNO4S/c1-2-3-11(12(15)16)14-19(17,18)8-9-4-6-10(13)7-5-9/h1,4-7,11,14H,3,8H2,(H,15,16). The maximum Gasteiger partial charge on any atom is 0.322 e. The van der Waals surface area contributed by atoms with E-state index in [0.717, 1.165) is 12.1 Å². The molecule has 0 spiro atoms. The first kappa shape index (κ1) is 15.1. The monoisotopic (exact) mass is 285 g/mol. The largest absolute Gasteiger partial charge is 0.480 e. The first-order valence-corrected chi connectivity index (χ1v) is 6.90. The molecule has 1 aromatic carbocycles. The van der Waals surface area contributed by atoms with E-state index in [2.05, 4.69) is 5.92 Å². The van der Waals surface area contributed by atoms with E-state index in [1.165, 1.54) is 12.1 Å². The van der Waals surface area contributed by atoms with Gasteiger partial charge in [-0.3, -0.25) is 4.79 Å². The Kier molecular flexibility index (Phi) is 5.03. The Balaban J connectivity index is 2.78. The van der Waals surface area contributed by atoms with Gasteiger partial charge in [0, 0.05) is 6.42 Å². The van der Waals surface area contributed by atoms with Crippen molar-refractivity contribution in [2.75, 3.05) is 0 Å². The average Bonchev–Trinajstić information content (AvgIpc) is 2.31. The zero-order valence-electron chi connectivity index (χ0n) is 9.84. The second kappa shape index (κ2) is 6.31. The molecule has 1 unspecified atom stereocenters. The van der Waals surface area contributed by atoms with Gasteiger partial charge in [0.05, 0.1) is 5.75 Å². The van der Waals surface area contributed by atoms with Gasteiger partial charge in [0.15, 0.2) is 0 Å². The zero-order chi connectivity index (χ0) is 14.5. The molecule has 19 heavy (non-hydrogen) atoms. The number of rotatable bonds is 6. The molecule has 1 atom stereocenters. The Hall–Kier alpha value is -1.91. The molecule has 0 aliphatic heterocycles. The lowest BCUT2D eigenvalue weighted by molar-refractivity contribution is -0.138. The third-order valence-electron chi connectivity index (χ3n) is 2.21. The van der Waals surface area contributed by atoms with E-state index in [4.69, 9.17) is 11.5 Å². The minimum absolute atomic E-state index is 0.252. The molecule has 0 amide bonds. The maximum atomic E-state index is 12.7. The van der Waals surface area contributed by atoms with Crippen LogP contribution in [0, 0.1) is 18.2 Å². The number of sulfonamides is 1. The molecule has 0 aromatic heterocycles. The van der Waals surface area contributed by atoms with Gasteiger partial charge >= 0.3 is 5.97 Å². The number of benzene rings is 1. The minimum Gasteiger partial charge on any atom is -0.480 e. The normalized spacial score (nSPS) is 12.6. The highest BCUT2D eigenvalue weighted by atomic mass is 32.2. The molecule has 0 fully saturated rings. The Labute approximate surface area is 110 Å². The van der Waals surface area contributed by atoms with Gasteiger partial charge in [-0.1, -0.05) is 12.1 Å². The van der Waals surface area contributed by atoms with Crippen molar-refractivity contribution < 1.29 is 22.7 Å². The van der Waals surface area contributed by atoms with Crippen LogP contribution in [0.1, 0.15) is 12.0 Å². The summed E-state index contributed by atoms with van der Waals surface area (Å²) in [6, 6.07) is 3.51. The second-order valence-electron chi connectivity index (χ2n) is 3.80. The minimum atomic E-state index is -3.86. The number of nitrogens with one attached hydrogen (secondary N) is 1. The molecule has 7 heteroatoms.